The molecule has 0 aliphatic heterocycles. The summed E-state index contributed by atoms with van der Waals surface area (Å²) in [6.07, 6.45) is 3.15. The van der Waals surface area contributed by atoms with Crippen LogP contribution < -0.4 is 29.6 Å². The molecule has 0 aromatic carbocycles. The van der Waals surface area contributed by atoms with E-state index in [4.69, 9.17) is 5.11 Å². The Morgan fingerprint density at radius 1 is 1.31 bits per heavy atom. The maximum atomic E-state index is 10.3. The molecule has 0 aliphatic rings. The van der Waals surface area contributed by atoms with Gasteiger partial charge in [0.15, 0.2) is 0 Å². The molecule has 0 spiro atoms. The summed E-state index contributed by atoms with van der Waals surface area (Å²) in [5.41, 5.74) is 0. The van der Waals surface area contributed by atoms with Crippen molar-refractivity contribution in [3.63, 3.8) is 0 Å². The van der Waals surface area contributed by atoms with E-state index in [1.54, 1.807) is 0 Å². The van der Waals surface area contributed by atoms with Crippen molar-refractivity contribution in [3.05, 3.63) is 0 Å². The third-order valence-corrected chi connectivity index (χ3v) is 2.02. The Morgan fingerprint density at radius 2 is 1.85 bits per heavy atom. The molecule has 0 aliphatic carbocycles. The van der Waals surface area contributed by atoms with E-state index in [9.17, 15) is 8.76 Å². The van der Waals surface area contributed by atoms with Crippen molar-refractivity contribution in [2.24, 2.45) is 0 Å². The number of aliphatic hydroxyl groups is 1. The van der Waals surface area contributed by atoms with Gasteiger partial charge < -0.3 is 9.66 Å². The van der Waals surface area contributed by atoms with E-state index in [1.807, 2.05) is 0 Å². The third kappa shape index (κ3) is 16.0. The molecular weight excluding hydrogens is 223 g/mol. The quantitative estimate of drug-likeness (QED) is 0.386. The van der Waals surface area contributed by atoms with Crippen LogP contribution in [0.3, 0.4) is 0 Å². The van der Waals surface area contributed by atoms with Crippen molar-refractivity contribution in [1.82, 2.24) is 0 Å². The van der Waals surface area contributed by atoms with Gasteiger partial charge in [0.05, 0.1) is 15.7 Å². The van der Waals surface area contributed by atoms with Gasteiger partial charge in [-0.3, -0.25) is 4.18 Å². The van der Waals surface area contributed by atoms with Gasteiger partial charge in [-0.2, -0.15) is 0 Å². The summed E-state index contributed by atoms with van der Waals surface area (Å²) in [5.74, 6) is 0. The molecular formula is C6H13NaO4S2. The summed E-state index contributed by atoms with van der Waals surface area (Å²) in [7, 11) is -3.68. The molecule has 0 saturated heterocycles. The molecule has 7 heteroatoms. The molecule has 1 unspecified atom stereocenters. The molecule has 0 rings (SSSR count). The van der Waals surface area contributed by atoms with Gasteiger partial charge in [0.25, 0.3) is 0 Å². The first-order chi connectivity index (χ1) is 5.56. The number of aliphatic hydroxyl groups excluding tert-OH is 1. The Hall–Kier alpha value is 1.25. The fourth-order valence-electron chi connectivity index (χ4n) is 0.728. The van der Waals surface area contributed by atoms with E-state index in [1.165, 1.54) is 0 Å². The van der Waals surface area contributed by atoms with Crippen LogP contribution in [0.4, 0.5) is 0 Å². The zero-order valence-electron chi connectivity index (χ0n) is 7.73. The van der Waals surface area contributed by atoms with Gasteiger partial charge in [0.2, 0.25) is 0 Å². The Bertz CT molecular complexity index is 193. The van der Waals surface area contributed by atoms with Gasteiger partial charge in [-0.1, -0.05) is 12.8 Å². The Labute approximate surface area is 106 Å². The summed E-state index contributed by atoms with van der Waals surface area (Å²) < 4.78 is 24.9. The predicted octanol–water partition coefficient (Wildman–Crippen LogP) is -2.65. The van der Waals surface area contributed by atoms with Crippen LogP contribution in [-0.2, 0) is 24.4 Å². The normalized spacial score (nSPS) is 14.6. The molecule has 4 nitrogen and oxygen atoms in total. The van der Waals surface area contributed by atoms with Crippen molar-refractivity contribution >= 4 is 20.2 Å². The van der Waals surface area contributed by atoms with Crippen LogP contribution in [0.15, 0.2) is 0 Å². The van der Waals surface area contributed by atoms with Crippen molar-refractivity contribution in [2.75, 3.05) is 13.2 Å². The standard InChI is InChI=1S/C6H14O4S2.Na/c7-5-3-1-2-4-6-10-12(8,9)11;/h7H,1-6H2,(H,8,9,11);/q;+1/p-1. The average molecular weight is 236 g/mol. The molecule has 1 N–H and O–H groups in total. The Kier molecular flexibility index (Phi) is 12.6. The van der Waals surface area contributed by atoms with Crippen LogP contribution in [0.1, 0.15) is 25.7 Å². The van der Waals surface area contributed by atoms with Crippen molar-refractivity contribution < 1.29 is 47.6 Å². The van der Waals surface area contributed by atoms with Crippen molar-refractivity contribution in [1.29, 1.82) is 0 Å². The molecule has 74 valence electrons. The van der Waals surface area contributed by atoms with Crippen LogP contribution >= 0.6 is 0 Å². The van der Waals surface area contributed by atoms with Gasteiger partial charge in [-0.05, 0) is 24.0 Å². The molecule has 0 saturated carbocycles. The number of hydrogen-bond acceptors (Lipinski definition) is 5. The predicted molar refractivity (Wildman–Crippen MR) is 47.8 cm³/mol. The van der Waals surface area contributed by atoms with Crippen molar-refractivity contribution in [3.8, 4) is 0 Å². The summed E-state index contributed by atoms with van der Waals surface area (Å²) >= 11 is 4.00. The van der Waals surface area contributed by atoms with E-state index < -0.39 is 9.05 Å². The fraction of sp³-hybridized carbons (Fsp3) is 1.00. The van der Waals surface area contributed by atoms with Gasteiger partial charge in [-0.25, -0.2) is 4.21 Å². The summed E-state index contributed by atoms with van der Waals surface area (Å²) in [5, 5.41) is 8.41. The second-order valence-electron chi connectivity index (χ2n) is 2.37. The minimum atomic E-state index is -3.68. The fourth-order valence-corrected chi connectivity index (χ4v) is 1.25. The maximum absolute atomic E-state index is 10.3. The maximum Gasteiger partial charge on any atom is 1.00 e. The zero-order valence-corrected chi connectivity index (χ0v) is 11.4. The molecule has 13 heavy (non-hydrogen) atoms. The van der Waals surface area contributed by atoms with Crippen LogP contribution in [0.25, 0.3) is 0 Å². The Balaban J connectivity index is 0. The van der Waals surface area contributed by atoms with E-state index in [2.05, 4.69) is 15.4 Å². The monoisotopic (exact) mass is 236 g/mol. The van der Waals surface area contributed by atoms with Crippen molar-refractivity contribution in [2.45, 2.75) is 25.7 Å². The number of rotatable bonds is 7. The minimum Gasteiger partial charge on any atom is -0.748 e. The first-order valence-corrected chi connectivity index (χ1v) is 6.10. The van der Waals surface area contributed by atoms with Gasteiger partial charge in [0.1, 0.15) is 0 Å². The van der Waals surface area contributed by atoms with Crippen LogP contribution in [0.2, 0.25) is 0 Å². The molecule has 0 heterocycles. The van der Waals surface area contributed by atoms with Gasteiger partial charge >= 0.3 is 29.6 Å². The molecule has 0 fully saturated rings. The van der Waals surface area contributed by atoms with E-state index >= 15 is 0 Å². The van der Waals surface area contributed by atoms with E-state index in [0.29, 0.717) is 6.42 Å². The molecule has 0 aromatic rings. The largest absolute Gasteiger partial charge is 1.00 e. The second-order valence-corrected chi connectivity index (χ2v) is 4.64. The molecule has 0 amide bonds. The van der Waals surface area contributed by atoms with Crippen LogP contribution in [-0.4, -0.2) is 27.1 Å². The third-order valence-electron chi connectivity index (χ3n) is 1.28. The summed E-state index contributed by atoms with van der Waals surface area (Å²) in [4.78, 5) is 0. The van der Waals surface area contributed by atoms with Crippen LogP contribution in [0.5, 0.6) is 0 Å². The molecule has 0 bridgehead atoms. The second kappa shape index (κ2) is 9.79. The number of hydrogen-bond donors (Lipinski definition) is 1. The summed E-state index contributed by atoms with van der Waals surface area (Å²) in [6.45, 7) is 0.331. The molecule has 0 radical (unpaired) electrons. The summed E-state index contributed by atoms with van der Waals surface area (Å²) in [6, 6.07) is 0. The van der Waals surface area contributed by atoms with Gasteiger partial charge in [0, 0.05) is 6.61 Å². The SMILES string of the molecule is O=S([O-])(=S)OCCCCCCO.[Na+]. The first-order valence-electron chi connectivity index (χ1n) is 3.77. The Morgan fingerprint density at radius 3 is 2.31 bits per heavy atom. The molecule has 1 atom stereocenters. The minimum absolute atomic E-state index is 0. The van der Waals surface area contributed by atoms with Crippen LogP contribution in [0, 0.1) is 0 Å². The van der Waals surface area contributed by atoms with E-state index in [0.717, 1.165) is 19.3 Å². The first kappa shape index (κ1) is 16.7. The average Bonchev–Trinajstić information content (AvgIpc) is 1.94. The smallest absolute Gasteiger partial charge is 0.748 e. The van der Waals surface area contributed by atoms with E-state index in [-0.39, 0.29) is 42.8 Å². The topological polar surface area (TPSA) is 69.6 Å². The van der Waals surface area contributed by atoms with Gasteiger partial charge in [-0.15, -0.1) is 0 Å². The molecule has 0 aromatic heterocycles. The number of unbranched alkanes of at least 4 members (excludes halogenated alkanes) is 3. The zero-order chi connectivity index (χ0) is 9.45.